The number of nitrogens with zero attached hydrogens (tertiary/aromatic N) is 2. The fourth-order valence-electron chi connectivity index (χ4n) is 2.18. The van der Waals surface area contributed by atoms with E-state index in [0.29, 0.717) is 26.2 Å². The summed E-state index contributed by atoms with van der Waals surface area (Å²) in [7, 11) is 2.09. The zero-order chi connectivity index (χ0) is 17.2. The Bertz CT molecular complexity index is 278. The summed E-state index contributed by atoms with van der Waals surface area (Å²) < 4.78 is 6.20. The van der Waals surface area contributed by atoms with E-state index in [2.05, 4.69) is 44.5 Å². The lowest BCUT2D eigenvalue weighted by molar-refractivity contribution is -0.0727. The zero-order valence-corrected chi connectivity index (χ0v) is 15.4. The van der Waals surface area contributed by atoms with Gasteiger partial charge in [-0.05, 0) is 41.2 Å². The smallest absolute Gasteiger partial charge is 0.0652 e. The lowest BCUT2D eigenvalue weighted by atomic mass is 10.0. The molecular weight excluding hydrogens is 278 g/mol. The molecule has 22 heavy (non-hydrogen) atoms. The minimum absolute atomic E-state index is 0.0230. The van der Waals surface area contributed by atoms with Crippen LogP contribution in [0, 0.1) is 0 Å². The van der Waals surface area contributed by atoms with Crippen molar-refractivity contribution in [3.05, 3.63) is 0 Å². The Morgan fingerprint density at radius 2 is 1.32 bits per heavy atom. The Labute approximate surface area is 137 Å². The first-order valence-corrected chi connectivity index (χ1v) is 8.36. The molecule has 0 aliphatic rings. The molecule has 0 aromatic carbocycles. The molecule has 0 atom stereocenters. The quantitative estimate of drug-likeness (QED) is 0.445. The van der Waals surface area contributed by atoms with E-state index in [1.54, 1.807) is 0 Å². The predicted molar refractivity (Wildman–Crippen MR) is 95.0 cm³/mol. The molecule has 0 aromatic heterocycles. The van der Waals surface area contributed by atoms with Gasteiger partial charge in [0.2, 0.25) is 0 Å². The van der Waals surface area contributed by atoms with Crippen LogP contribution in [-0.2, 0) is 4.74 Å². The van der Waals surface area contributed by atoms with E-state index in [0.717, 1.165) is 32.6 Å². The Kier molecular flexibility index (Phi) is 10.4. The summed E-state index contributed by atoms with van der Waals surface area (Å²) in [6, 6.07) is 0. The molecule has 134 valence electrons. The lowest BCUT2D eigenvalue weighted by Crippen LogP contribution is -2.49. The van der Waals surface area contributed by atoms with E-state index < -0.39 is 0 Å². The van der Waals surface area contributed by atoms with Crippen LogP contribution in [0.25, 0.3) is 0 Å². The van der Waals surface area contributed by atoms with Crippen molar-refractivity contribution in [2.75, 3.05) is 59.5 Å². The first-order valence-electron chi connectivity index (χ1n) is 8.36. The Morgan fingerprint density at radius 1 is 0.818 bits per heavy atom. The number of hydrogen-bond donors (Lipinski definition) is 3. The number of ether oxygens (including phenoxy) is 1. The monoisotopic (exact) mass is 317 g/mol. The highest BCUT2D eigenvalue weighted by Gasteiger charge is 2.28. The number of likely N-dealkylation sites (N-methyl/N-ethyl adjacent to an activating group) is 1. The fourth-order valence-corrected chi connectivity index (χ4v) is 2.18. The molecule has 0 rings (SSSR count). The molecule has 0 heterocycles. The maximum atomic E-state index is 6.20. The van der Waals surface area contributed by atoms with Gasteiger partial charge >= 0.3 is 0 Å². The second kappa shape index (κ2) is 10.5. The van der Waals surface area contributed by atoms with E-state index in [9.17, 15) is 0 Å². The SMILES string of the molecule is CN(CCN)C(C)(C)COC(C)(C)CCN(CCN)CCN. The average Bonchev–Trinajstić information content (AvgIpc) is 2.44. The molecule has 0 saturated carbocycles. The van der Waals surface area contributed by atoms with Gasteiger partial charge in [0.25, 0.3) is 0 Å². The third kappa shape index (κ3) is 9.02. The number of rotatable bonds is 13. The second-order valence-electron chi connectivity index (χ2n) is 7.24. The molecular formula is C16H39N5O. The van der Waals surface area contributed by atoms with Crippen molar-refractivity contribution >= 4 is 0 Å². The standard InChI is InChI=1S/C16H39N5O/c1-15(2,20(5)11-7-17)14-22-16(3,4)6-10-21(12-8-18)13-9-19/h6-14,17-19H2,1-5H3. The van der Waals surface area contributed by atoms with Crippen molar-refractivity contribution in [2.45, 2.75) is 45.3 Å². The molecule has 0 unspecified atom stereocenters. The number of nitrogens with two attached hydrogens (primary N) is 3. The van der Waals surface area contributed by atoms with Gasteiger partial charge in [-0.15, -0.1) is 0 Å². The summed E-state index contributed by atoms with van der Waals surface area (Å²) in [4.78, 5) is 4.55. The van der Waals surface area contributed by atoms with E-state index in [-0.39, 0.29) is 11.1 Å². The van der Waals surface area contributed by atoms with Gasteiger partial charge in [-0.2, -0.15) is 0 Å². The Hall–Kier alpha value is -0.240. The first kappa shape index (κ1) is 21.8. The third-order valence-electron chi connectivity index (χ3n) is 4.23. The molecule has 0 radical (unpaired) electrons. The summed E-state index contributed by atoms with van der Waals surface area (Å²) in [6.07, 6.45) is 0.962. The van der Waals surface area contributed by atoms with Crippen molar-refractivity contribution in [2.24, 2.45) is 17.2 Å². The van der Waals surface area contributed by atoms with Gasteiger partial charge in [0.1, 0.15) is 0 Å². The molecule has 6 nitrogen and oxygen atoms in total. The molecule has 0 aliphatic carbocycles. The number of hydrogen-bond acceptors (Lipinski definition) is 6. The van der Waals surface area contributed by atoms with Crippen molar-refractivity contribution in [1.82, 2.24) is 9.80 Å². The van der Waals surface area contributed by atoms with Gasteiger partial charge in [-0.3, -0.25) is 4.90 Å². The minimum atomic E-state index is -0.164. The molecule has 0 fully saturated rings. The van der Waals surface area contributed by atoms with Crippen molar-refractivity contribution < 1.29 is 4.74 Å². The largest absolute Gasteiger partial charge is 0.374 e. The maximum absolute atomic E-state index is 6.20. The van der Waals surface area contributed by atoms with E-state index >= 15 is 0 Å². The average molecular weight is 318 g/mol. The normalized spacial score (nSPS) is 13.4. The van der Waals surface area contributed by atoms with Crippen molar-refractivity contribution in [1.29, 1.82) is 0 Å². The summed E-state index contributed by atoms with van der Waals surface area (Å²) in [5.74, 6) is 0. The van der Waals surface area contributed by atoms with Gasteiger partial charge in [0.15, 0.2) is 0 Å². The summed E-state index contributed by atoms with van der Waals surface area (Å²) in [5, 5.41) is 0. The minimum Gasteiger partial charge on any atom is -0.374 e. The topological polar surface area (TPSA) is 93.8 Å². The fraction of sp³-hybridized carbons (Fsp3) is 1.00. The molecule has 0 aliphatic heterocycles. The van der Waals surface area contributed by atoms with E-state index in [4.69, 9.17) is 21.9 Å². The van der Waals surface area contributed by atoms with Crippen LogP contribution in [0.15, 0.2) is 0 Å². The van der Waals surface area contributed by atoms with E-state index in [1.807, 2.05) is 0 Å². The Morgan fingerprint density at radius 3 is 1.77 bits per heavy atom. The van der Waals surface area contributed by atoms with Crippen LogP contribution in [0.2, 0.25) is 0 Å². The highest BCUT2D eigenvalue weighted by molar-refractivity contribution is 4.82. The molecule has 0 bridgehead atoms. The first-order chi connectivity index (χ1) is 10.2. The zero-order valence-electron chi connectivity index (χ0n) is 15.4. The third-order valence-corrected chi connectivity index (χ3v) is 4.23. The lowest BCUT2D eigenvalue weighted by Gasteiger charge is -2.38. The molecule has 6 heteroatoms. The molecule has 6 N–H and O–H groups in total. The van der Waals surface area contributed by atoms with Crippen LogP contribution in [0.4, 0.5) is 0 Å². The van der Waals surface area contributed by atoms with Gasteiger partial charge in [0.05, 0.1) is 12.2 Å². The van der Waals surface area contributed by atoms with Crippen LogP contribution in [0.5, 0.6) is 0 Å². The second-order valence-corrected chi connectivity index (χ2v) is 7.24. The Balaban J connectivity index is 4.32. The molecule has 0 spiro atoms. The summed E-state index contributed by atoms with van der Waals surface area (Å²) in [5.41, 5.74) is 16.7. The molecule has 0 aromatic rings. The van der Waals surface area contributed by atoms with Gasteiger partial charge in [0, 0.05) is 51.4 Å². The van der Waals surface area contributed by atoms with Crippen LogP contribution >= 0.6 is 0 Å². The predicted octanol–water partition coefficient (Wildman–Crippen LogP) is 0.0602. The van der Waals surface area contributed by atoms with Crippen LogP contribution in [0.1, 0.15) is 34.1 Å². The molecule has 0 saturated heterocycles. The van der Waals surface area contributed by atoms with Crippen molar-refractivity contribution in [3.8, 4) is 0 Å². The maximum Gasteiger partial charge on any atom is 0.0652 e. The summed E-state index contributed by atoms with van der Waals surface area (Å²) in [6.45, 7) is 15.0. The molecule has 0 amide bonds. The highest BCUT2D eigenvalue weighted by atomic mass is 16.5. The van der Waals surface area contributed by atoms with Crippen molar-refractivity contribution in [3.63, 3.8) is 0 Å². The van der Waals surface area contributed by atoms with E-state index in [1.165, 1.54) is 0 Å². The van der Waals surface area contributed by atoms with Crippen LogP contribution in [0.3, 0.4) is 0 Å². The summed E-state index contributed by atoms with van der Waals surface area (Å²) >= 11 is 0. The van der Waals surface area contributed by atoms with Gasteiger partial charge in [-0.1, -0.05) is 0 Å². The highest BCUT2D eigenvalue weighted by Crippen LogP contribution is 2.20. The van der Waals surface area contributed by atoms with Gasteiger partial charge in [-0.25, -0.2) is 0 Å². The van der Waals surface area contributed by atoms with Crippen LogP contribution < -0.4 is 17.2 Å². The van der Waals surface area contributed by atoms with Crippen LogP contribution in [-0.4, -0.2) is 80.4 Å². The van der Waals surface area contributed by atoms with Gasteiger partial charge < -0.3 is 26.8 Å².